The molecule has 10 aromatic heterocycles. The number of hydrogen-bond donors (Lipinski definition) is 0. The molecule has 10 heterocycles. The summed E-state index contributed by atoms with van der Waals surface area (Å²) in [5.74, 6) is 1.79. The normalized spacial score (nSPS) is 11.7. The van der Waals surface area contributed by atoms with Crippen molar-refractivity contribution in [2.75, 3.05) is 0 Å². The fourth-order valence-corrected chi connectivity index (χ4v) is 20.1. The van der Waals surface area contributed by atoms with Crippen LogP contribution in [0.25, 0.3) is 232 Å². The molecule has 0 bridgehead atoms. The Kier molecular flexibility index (Phi) is 18.0. The van der Waals surface area contributed by atoms with Crippen molar-refractivity contribution in [1.82, 2.24) is 57.3 Å². The van der Waals surface area contributed by atoms with Crippen LogP contribution in [0.1, 0.15) is 0 Å². The first-order valence-electron chi connectivity index (χ1n) is 43.9. The summed E-state index contributed by atoms with van der Waals surface area (Å²) in [7, 11) is 0. The van der Waals surface area contributed by atoms with Crippen LogP contribution in [0.5, 0.6) is 0 Å². The summed E-state index contributed by atoms with van der Waals surface area (Å²) >= 11 is 0. The number of pyridine rings is 3. The topological polar surface area (TPSA) is 107 Å². The van der Waals surface area contributed by atoms with Gasteiger partial charge in [-0.15, -0.1) is 0 Å². The number of benzene rings is 17. The highest BCUT2D eigenvalue weighted by Crippen LogP contribution is 2.48. The van der Waals surface area contributed by atoms with Gasteiger partial charge >= 0.3 is 0 Å². The molecule has 0 saturated heterocycles. The van der Waals surface area contributed by atoms with Gasteiger partial charge in [0.05, 0.1) is 83.8 Å². The predicted molar refractivity (Wildman–Crippen MR) is 537 cm³/mol. The third-order valence-corrected chi connectivity index (χ3v) is 25.6. The lowest BCUT2D eigenvalue weighted by molar-refractivity contribution is 0.954. The van der Waals surface area contributed by atoms with Crippen molar-refractivity contribution in [3.8, 4) is 90.8 Å². The number of aromatic nitrogens is 12. The van der Waals surface area contributed by atoms with E-state index in [2.05, 4.69) is 397 Å². The van der Waals surface area contributed by atoms with Gasteiger partial charge in [-0.05, 0) is 120 Å². The smallest absolute Gasteiger partial charge is 0.238 e. The molecule has 12 heteroatoms. The summed E-state index contributed by atoms with van der Waals surface area (Å²) < 4.78 is 14.0. The fraction of sp³-hybridized carbons (Fsp3) is 0. The Hall–Kier alpha value is -17.7. The van der Waals surface area contributed by atoms with Crippen molar-refractivity contribution in [3.63, 3.8) is 0 Å². The molecule has 12 nitrogen and oxygen atoms in total. The summed E-state index contributed by atoms with van der Waals surface area (Å²) in [5, 5.41) is 16.7. The second-order valence-corrected chi connectivity index (χ2v) is 32.8. The second-order valence-electron chi connectivity index (χ2n) is 32.8. The zero-order valence-corrected chi connectivity index (χ0v) is 70.2. The first kappa shape index (κ1) is 74.8. The van der Waals surface area contributed by atoms with E-state index in [0.29, 0.717) is 17.6 Å². The minimum absolute atomic E-state index is 0.559. The van der Waals surface area contributed by atoms with Crippen LogP contribution in [0.2, 0.25) is 0 Å². The monoisotopic (exact) mass is 1660 g/mol. The van der Waals surface area contributed by atoms with Gasteiger partial charge in [-0.25, -0.2) is 4.98 Å². The van der Waals surface area contributed by atoms with Crippen molar-refractivity contribution in [2.24, 2.45) is 0 Å². The van der Waals surface area contributed by atoms with Gasteiger partial charge in [0.2, 0.25) is 5.95 Å². The lowest BCUT2D eigenvalue weighted by atomic mass is 9.99. The van der Waals surface area contributed by atoms with Crippen LogP contribution in [0.3, 0.4) is 0 Å². The van der Waals surface area contributed by atoms with Crippen LogP contribution in [0.4, 0.5) is 0 Å². The molecule has 0 radical (unpaired) electrons. The van der Waals surface area contributed by atoms with Crippen LogP contribution in [0, 0.1) is 0 Å². The molecule has 27 aromatic rings. The second kappa shape index (κ2) is 31.2. The van der Waals surface area contributed by atoms with Crippen LogP contribution >= 0.6 is 0 Å². The maximum absolute atomic E-state index is 5.18. The molecule has 0 saturated carbocycles. The third kappa shape index (κ3) is 12.2. The maximum atomic E-state index is 5.18. The molecule has 0 amide bonds. The van der Waals surface area contributed by atoms with Crippen molar-refractivity contribution in [1.29, 1.82) is 0 Å². The molecular formula is C118H76N12. The molecule has 0 aliphatic carbocycles. The van der Waals surface area contributed by atoms with Crippen molar-refractivity contribution < 1.29 is 0 Å². The maximum Gasteiger partial charge on any atom is 0.238 e. The van der Waals surface area contributed by atoms with E-state index in [-0.39, 0.29) is 0 Å². The number of hydrogen-bond acceptors (Lipinski definition) is 6. The minimum atomic E-state index is 0.559. The number of para-hydroxylation sites is 13. The van der Waals surface area contributed by atoms with Gasteiger partial charge in [0.25, 0.3) is 0 Å². The Balaban J connectivity index is 0.000000106. The predicted octanol–water partition coefficient (Wildman–Crippen LogP) is 29.5. The quantitative estimate of drug-likeness (QED) is 0.128. The molecule has 0 aliphatic rings. The van der Waals surface area contributed by atoms with Crippen LogP contribution < -0.4 is 0 Å². The molecule has 27 rings (SSSR count). The molecule has 0 spiro atoms. The average Bonchev–Trinajstić information content (AvgIpc) is 1.57. The fourth-order valence-electron chi connectivity index (χ4n) is 20.1. The summed E-state index contributed by atoms with van der Waals surface area (Å²) in [4.78, 5) is 30.4. The van der Waals surface area contributed by atoms with Gasteiger partial charge in [-0.1, -0.05) is 328 Å². The van der Waals surface area contributed by atoms with Crippen LogP contribution in [-0.2, 0) is 0 Å². The van der Waals surface area contributed by atoms with E-state index < -0.39 is 0 Å². The molecule has 0 aliphatic heterocycles. The molecule has 0 fully saturated rings. The van der Waals surface area contributed by atoms with Gasteiger partial charge in [0, 0.05) is 145 Å². The molecular weight excluding hydrogens is 1590 g/mol. The minimum Gasteiger partial charge on any atom is -0.309 e. The first-order valence-corrected chi connectivity index (χ1v) is 43.9. The summed E-state index contributed by atoms with van der Waals surface area (Å²) in [5.41, 5.74) is 27.5. The third-order valence-electron chi connectivity index (χ3n) is 25.6. The Morgan fingerprint density at radius 1 is 0.185 bits per heavy atom. The lowest BCUT2D eigenvalue weighted by Crippen LogP contribution is -2.07. The molecule has 608 valence electrons. The SMILES string of the molecule is c1ccc(-c2nc(-c3ccccc3)nc(-n3c4ccccc4c4cccc(-c5cncc6c5c5ccccc5n6-c5ccccc5)c43)n2)cc1.c1ccc(-n2c3ccccc3c3c(-c4cccc5c6ccccc6n(-c6ccc7ccccc7c6)c45)nccc32)cc1.c1ccc(-n2c3ccccc3c3c(-c4cccc5c6ccccc6n(-c6ccccc6)c45)nccc32)cc1. The van der Waals surface area contributed by atoms with E-state index in [9.17, 15) is 0 Å². The van der Waals surface area contributed by atoms with Crippen molar-refractivity contribution in [2.45, 2.75) is 0 Å². The standard InChI is InChI=1S/C44H28N6.C39H25N3.C35H23N3/c1-4-15-29(16-5-1)42-46-43(30-17-6-2-7-18-30)48-44(47-42)50-37-25-12-10-21-32(37)33-23-14-24-34(41(33)50)36-27-45-28-39-40(36)35-22-11-13-26-38(35)49(39)31-19-8-3-9-20-31;1-2-13-28(14-3-1)41-35-20-9-7-16-32(35)37-36(41)23-24-40-38(37)33-18-10-17-31-30-15-6-8-19-34(30)42(39(31)33)29-22-21-26-11-4-5-12-27(26)25-29;1-3-12-24(13-4-1)37-31-21-10-8-17-28(31)33-32(37)22-23-36-34(33)29-19-11-18-27-26-16-7-9-20-30(26)38(35(27)29)25-14-5-2-6-15-25/h1-28H;1-25H;1-23H. The van der Waals surface area contributed by atoms with Gasteiger partial charge in [-0.2, -0.15) is 9.97 Å². The highest BCUT2D eigenvalue weighted by Gasteiger charge is 2.28. The number of fused-ring (bicyclic) bond motifs is 19. The van der Waals surface area contributed by atoms with Crippen LogP contribution in [0.15, 0.2) is 462 Å². The zero-order chi connectivity index (χ0) is 85.7. The molecule has 0 N–H and O–H groups in total. The van der Waals surface area contributed by atoms with Crippen molar-refractivity contribution in [3.05, 3.63) is 462 Å². The highest BCUT2D eigenvalue weighted by molar-refractivity contribution is 6.24. The van der Waals surface area contributed by atoms with Gasteiger partial charge in [-0.3, -0.25) is 19.5 Å². The highest BCUT2D eigenvalue weighted by atomic mass is 15.2. The number of nitrogens with zero attached hydrogens (tertiary/aromatic N) is 12. The van der Waals surface area contributed by atoms with E-state index in [1.165, 1.54) is 92.3 Å². The Labute approximate surface area is 746 Å². The Morgan fingerprint density at radius 3 is 0.962 bits per heavy atom. The Bertz CT molecular complexity index is 9050. The largest absolute Gasteiger partial charge is 0.309 e. The molecule has 17 aromatic carbocycles. The van der Waals surface area contributed by atoms with Gasteiger partial charge in [0.15, 0.2) is 11.6 Å². The lowest BCUT2D eigenvalue weighted by Gasteiger charge is -2.13. The van der Waals surface area contributed by atoms with E-state index in [4.69, 9.17) is 29.9 Å². The first-order chi connectivity index (χ1) is 64.6. The zero-order valence-electron chi connectivity index (χ0n) is 70.2. The van der Waals surface area contributed by atoms with Gasteiger partial charge < -0.3 is 22.8 Å². The van der Waals surface area contributed by atoms with E-state index >= 15 is 0 Å². The molecule has 130 heavy (non-hydrogen) atoms. The number of rotatable bonds is 11. The molecule has 0 atom stereocenters. The van der Waals surface area contributed by atoms with E-state index in [0.717, 1.165) is 122 Å². The van der Waals surface area contributed by atoms with Gasteiger partial charge in [0.1, 0.15) is 0 Å². The van der Waals surface area contributed by atoms with E-state index in [1.807, 2.05) is 91.5 Å². The molecule has 0 unspecified atom stereocenters. The Morgan fingerprint density at radius 2 is 0.515 bits per heavy atom. The van der Waals surface area contributed by atoms with E-state index in [1.54, 1.807) is 0 Å². The average molecular weight is 1660 g/mol. The summed E-state index contributed by atoms with van der Waals surface area (Å²) in [6, 6.07) is 154. The summed E-state index contributed by atoms with van der Waals surface area (Å²) in [6.07, 6.45) is 7.88. The summed E-state index contributed by atoms with van der Waals surface area (Å²) in [6.45, 7) is 0. The van der Waals surface area contributed by atoms with Crippen LogP contribution in [-0.4, -0.2) is 57.3 Å². The van der Waals surface area contributed by atoms with Crippen molar-refractivity contribution >= 4 is 142 Å².